The topological polar surface area (TPSA) is 54.0 Å². The molecule has 0 amide bonds. The van der Waals surface area contributed by atoms with Crippen molar-refractivity contribution in [1.29, 1.82) is 0 Å². The number of likely N-dealkylation sites (N-methyl/N-ethyl adjacent to an activating group) is 1. The Morgan fingerprint density at radius 1 is 1.47 bits per heavy atom. The second-order valence-corrected chi connectivity index (χ2v) is 5.09. The van der Waals surface area contributed by atoms with Gasteiger partial charge in [-0.1, -0.05) is 0 Å². The number of rotatable bonds is 3. The summed E-state index contributed by atoms with van der Waals surface area (Å²) in [4.78, 5) is 2.41. The Morgan fingerprint density at radius 2 is 2.37 bits per heavy atom. The van der Waals surface area contributed by atoms with Gasteiger partial charge in [0.05, 0.1) is 18.8 Å². The van der Waals surface area contributed by atoms with Gasteiger partial charge in [0.1, 0.15) is 18.1 Å². The van der Waals surface area contributed by atoms with Gasteiger partial charge in [-0.15, -0.1) is 0 Å². The number of fused-ring (bicyclic) bond motifs is 1. The molecule has 0 aromatic heterocycles. The predicted octanol–water partition coefficient (Wildman–Crippen LogP) is 0.746. The summed E-state index contributed by atoms with van der Waals surface area (Å²) >= 11 is 0. The second-order valence-electron chi connectivity index (χ2n) is 5.09. The normalized spacial score (nSPS) is 27.0. The van der Waals surface area contributed by atoms with Crippen molar-refractivity contribution >= 4 is 0 Å². The molecule has 2 aliphatic heterocycles. The first kappa shape index (κ1) is 12.7. The molecule has 19 heavy (non-hydrogen) atoms. The van der Waals surface area contributed by atoms with E-state index in [4.69, 9.17) is 9.47 Å². The molecule has 1 aromatic rings. The first-order valence-corrected chi connectivity index (χ1v) is 6.74. The van der Waals surface area contributed by atoms with Crippen molar-refractivity contribution in [3.05, 3.63) is 23.8 Å². The van der Waals surface area contributed by atoms with Crippen LogP contribution in [0, 0.1) is 0 Å². The zero-order chi connectivity index (χ0) is 13.2. The molecule has 0 radical (unpaired) electrons. The minimum Gasteiger partial charge on any atom is -0.508 e. The maximum absolute atomic E-state index is 9.48. The number of ether oxygens (including phenoxy) is 2. The SMILES string of the molecule is CNCC1CN(C2COc3cc(O)ccc32)CCO1. The van der Waals surface area contributed by atoms with E-state index in [9.17, 15) is 5.11 Å². The summed E-state index contributed by atoms with van der Waals surface area (Å²) in [5.74, 6) is 1.07. The molecule has 5 nitrogen and oxygen atoms in total. The van der Waals surface area contributed by atoms with Gasteiger partial charge >= 0.3 is 0 Å². The summed E-state index contributed by atoms with van der Waals surface area (Å²) in [6, 6.07) is 5.66. The number of aromatic hydroxyl groups is 1. The molecule has 1 fully saturated rings. The molecule has 2 N–H and O–H groups in total. The molecule has 5 heteroatoms. The van der Waals surface area contributed by atoms with E-state index in [-0.39, 0.29) is 17.9 Å². The summed E-state index contributed by atoms with van der Waals surface area (Å²) in [6.45, 7) is 4.12. The van der Waals surface area contributed by atoms with E-state index in [1.54, 1.807) is 12.1 Å². The van der Waals surface area contributed by atoms with E-state index >= 15 is 0 Å². The summed E-state index contributed by atoms with van der Waals surface area (Å²) < 4.78 is 11.4. The minimum atomic E-state index is 0.236. The van der Waals surface area contributed by atoms with Gasteiger partial charge in [-0.25, -0.2) is 0 Å². The van der Waals surface area contributed by atoms with Crippen LogP contribution in [0.5, 0.6) is 11.5 Å². The highest BCUT2D eigenvalue weighted by Crippen LogP contribution is 2.38. The fourth-order valence-electron chi connectivity index (χ4n) is 2.86. The van der Waals surface area contributed by atoms with Crippen LogP contribution in [-0.2, 0) is 4.74 Å². The van der Waals surface area contributed by atoms with E-state index in [0.717, 1.165) is 32.0 Å². The first-order valence-electron chi connectivity index (χ1n) is 6.74. The van der Waals surface area contributed by atoms with Gasteiger partial charge in [0.25, 0.3) is 0 Å². The van der Waals surface area contributed by atoms with Crippen molar-refractivity contribution in [3.8, 4) is 11.5 Å². The molecule has 3 rings (SSSR count). The van der Waals surface area contributed by atoms with Crippen molar-refractivity contribution in [1.82, 2.24) is 10.2 Å². The quantitative estimate of drug-likeness (QED) is 0.843. The van der Waals surface area contributed by atoms with E-state index in [0.29, 0.717) is 6.61 Å². The second kappa shape index (κ2) is 5.36. The van der Waals surface area contributed by atoms with E-state index in [1.807, 2.05) is 13.1 Å². The van der Waals surface area contributed by atoms with E-state index in [2.05, 4.69) is 10.2 Å². The van der Waals surface area contributed by atoms with Gasteiger partial charge < -0.3 is 19.9 Å². The third-order valence-electron chi connectivity index (χ3n) is 3.80. The Morgan fingerprint density at radius 3 is 3.21 bits per heavy atom. The van der Waals surface area contributed by atoms with Crippen molar-refractivity contribution in [2.75, 3.05) is 39.9 Å². The number of nitrogens with zero attached hydrogens (tertiary/aromatic N) is 1. The van der Waals surface area contributed by atoms with Gasteiger partial charge in [-0.2, -0.15) is 0 Å². The van der Waals surface area contributed by atoms with Crippen LogP contribution in [0.25, 0.3) is 0 Å². The van der Waals surface area contributed by atoms with Gasteiger partial charge in [-0.05, 0) is 19.2 Å². The maximum Gasteiger partial charge on any atom is 0.127 e. The molecule has 1 saturated heterocycles. The number of morpholine rings is 1. The smallest absolute Gasteiger partial charge is 0.127 e. The molecule has 1 aromatic carbocycles. The van der Waals surface area contributed by atoms with Crippen LogP contribution in [-0.4, -0.2) is 56.0 Å². The van der Waals surface area contributed by atoms with Crippen molar-refractivity contribution in [2.24, 2.45) is 0 Å². The molecule has 2 heterocycles. The van der Waals surface area contributed by atoms with Crippen LogP contribution < -0.4 is 10.1 Å². The van der Waals surface area contributed by atoms with Crippen LogP contribution in [0.1, 0.15) is 11.6 Å². The number of phenolic OH excluding ortho intramolecular Hbond substituents is 1. The molecular weight excluding hydrogens is 244 g/mol. The van der Waals surface area contributed by atoms with Crippen LogP contribution in [0.15, 0.2) is 18.2 Å². The molecule has 2 atom stereocenters. The first-order chi connectivity index (χ1) is 9.28. The summed E-state index contributed by atoms with van der Waals surface area (Å²) in [6.07, 6.45) is 0.236. The van der Waals surface area contributed by atoms with Gasteiger partial charge in [0.2, 0.25) is 0 Å². The molecule has 0 spiro atoms. The fourth-order valence-corrected chi connectivity index (χ4v) is 2.86. The number of phenols is 1. The van der Waals surface area contributed by atoms with Crippen molar-refractivity contribution in [3.63, 3.8) is 0 Å². The lowest BCUT2D eigenvalue weighted by Gasteiger charge is -2.36. The zero-order valence-electron chi connectivity index (χ0n) is 11.1. The molecule has 0 saturated carbocycles. The van der Waals surface area contributed by atoms with Crippen molar-refractivity contribution < 1.29 is 14.6 Å². The summed E-state index contributed by atoms with van der Waals surface area (Å²) in [7, 11) is 1.94. The Bertz CT molecular complexity index is 450. The highest BCUT2D eigenvalue weighted by Gasteiger charge is 2.33. The Labute approximate surface area is 113 Å². The summed E-state index contributed by atoms with van der Waals surface area (Å²) in [5, 5.41) is 12.6. The van der Waals surface area contributed by atoms with E-state index < -0.39 is 0 Å². The molecule has 104 valence electrons. The Hall–Kier alpha value is -1.30. The van der Waals surface area contributed by atoms with Gasteiger partial charge in [0.15, 0.2) is 0 Å². The average molecular weight is 264 g/mol. The molecule has 0 bridgehead atoms. The molecule has 2 aliphatic rings. The largest absolute Gasteiger partial charge is 0.508 e. The highest BCUT2D eigenvalue weighted by molar-refractivity contribution is 5.44. The lowest BCUT2D eigenvalue weighted by atomic mass is 10.1. The van der Waals surface area contributed by atoms with Gasteiger partial charge in [-0.3, -0.25) is 4.90 Å². The number of nitrogens with one attached hydrogen (secondary N) is 1. The third kappa shape index (κ3) is 2.54. The Kier molecular flexibility index (Phi) is 3.59. The zero-order valence-corrected chi connectivity index (χ0v) is 11.1. The number of hydrogen-bond acceptors (Lipinski definition) is 5. The predicted molar refractivity (Wildman–Crippen MR) is 71.6 cm³/mol. The standard InChI is InChI=1S/C14H20N2O3/c1-15-7-11-8-16(4-5-18-11)13-9-19-14-6-10(17)2-3-12(13)14/h2-3,6,11,13,15,17H,4-5,7-9H2,1H3. The lowest BCUT2D eigenvalue weighted by molar-refractivity contribution is -0.0438. The van der Waals surface area contributed by atoms with E-state index in [1.165, 1.54) is 5.56 Å². The summed E-state index contributed by atoms with van der Waals surface area (Å²) in [5.41, 5.74) is 1.17. The minimum absolute atomic E-state index is 0.236. The monoisotopic (exact) mass is 264 g/mol. The van der Waals surface area contributed by atoms with Gasteiger partial charge in [0, 0.05) is 31.3 Å². The number of hydrogen-bond donors (Lipinski definition) is 2. The highest BCUT2D eigenvalue weighted by atomic mass is 16.5. The number of benzene rings is 1. The molecular formula is C14H20N2O3. The lowest BCUT2D eigenvalue weighted by Crippen LogP contribution is -2.47. The van der Waals surface area contributed by atoms with Crippen LogP contribution in [0.4, 0.5) is 0 Å². The maximum atomic E-state index is 9.48. The Balaban J connectivity index is 1.74. The van der Waals surface area contributed by atoms with Crippen LogP contribution in [0.2, 0.25) is 0 Å². The third-order valence-corrected chi connectivity index (χ3v) is 3.80. The van der Waals surface area contributed by atoms with Crippen LogP contribution >= 0.6 is 0 Å². The average Bonchev–Trinajstić information content (AvgIpc) is 2.82. The fraction of sp³-hybridized carbons (Fsp3) is 0.571. The van der Waals surface area contributed by atoms with Crippen molar-refractivity contribution in [2.45, 2.75) is 12.1 Å². The molecule has 2 unspecified atom stereocenters. The molecule has 0 aliphatic carbocycles. The van der Waals surface area contributed by atoms with Crippen LogP contribution in [0.3, 0.4) is 0 Å².